The van der Waals surface area contributed by atoms with E-state index in [0.29, 0.717) is 6.42 Å². The third-order valence-electron chi connectivity index (χ3n) is 4.43. The van der Waals surface area contributed by atoms with E-state index < -0.39 is 54.5 Å². The smallest absolute Gasteiger partial charge is 0.328 e. The number of rotatable bonds is 10. The van der Waals surface area contributed by atoms with Gasteiger partial charge >= 0.3 is 5.97 Å². The highest BCUT2D eigenvalue weighted by Gasteiger charge is 2.28. The summed E-state index contributed by atoms with van der Waals surface area (Å²) < 4.78 is 0. The van der Waals surface area contributed by atoms with Crippen LogP contribution in [0.25, 0.3) is 0 Å². The number of carbonyl (C=O) groups excluding carboxylic acids is 4. The van der Waals surface area contributed by atoms with Crippen LogP contribution in [0.1, 0.15) is 33.6 Å². The van der Waals surface area contributed by atoms with Gasteiger partial charge in [0.15, 0.2) is 0 Å². The van der Waals surface area contributed by atoms with Crippen LogP contribution in [0, 0.1) is 0 Å². The molecule has 0 aromatic heterocycles. The van der Waals surface area contributed by atoms with E-state index in [2.05, 4.69) is 26.6 Å². The number of aliphatic carboxylic acids is 1. The maximum absolute atomic E-state index is 12.2. The Morgan fingerprint density at radius 3 is 1.79 bits per heavy atom. The molecule has 29 heavy (non-hydrogen) atoms. The molecule has 5 atom stereocenters. The maximum atomic E-state index is 12.2. The highest BCUT2D eigenvalue weighted by molar-refractivity contribution is 5.95. The van der Waals surface area contributed by atoms with Gasteiger partial charge in [-0.15, -0.1) is 0 Å². The summed E-state index contributed by atoms with van der Waals surface area (Å²) in [7, 11) is 0. The van der Waals surface area contributed by atoms with Crippen molar-refractivity contribution in [1.82, 2.24) is 26.6 Å². The van der Waals surface area contributed by atoms with Gasteiger partial charge in [0, 0.05) is 0 Å². The summed E-state index contributed by atoms with van der Waals surface area (Å²) in [5, 5.41) is 30.2. The van der Waals surface area contributed by atoms with Gasteiger partial charge < -0.3 is 36.8 Å². The molecule has 1 heterocycles. The number of aliphatic hydroxyl groups is 1. The molecule has 7 N–H and O–H groups in total. The third-order valence-corrected chi connectivity index (χ3v) is 4.43. The number of hydrogen-bond acceptors (Lipinski definition) is 7. The normalized spacial score (nSPS) is 19.9. The van der Waals surface area contributed by atoms with Crippen molar-refractivity contribution in [2.45, 2.75) is 63.8 Å². The van der Waals surface area contributed by atoms with Gasteiger partial charge in [0.05, 0.1) is 12.6 Å². The first-order valence-corrected chi connectivity index (χ1v) is 9.35. The average molecular weight is 415 g/mol. The summed E-state index contributed by atoms with van der Waals surface area (Å²) in [5.74, 6) is -3.74. The number of nitrogens with one attached hydrogen (secondary N) is 5. The van der Waals surface area contributed by atoms with Gasteiger partial charge in [-0.05, 0) is 40.2 Å². The van der Waals surface area contributed by atoms with Crippen LogP contribution in [0.4, 0.5) is 0 Å². The first kappa shape index (κ1) is 24.3. The highest BCUT2D eigenvalue weighted by atomic mass is 16.4. The van der Waals surface area contributed by atoms with Gasteiger partial charge in [-0.1, -0.05) is 0 Å². The molecule has 0 unspecified atom stereocenters. The van der Waals surface area contributed by atoms with Gasteiger partial charge in [-0.3, -0.25) is 19.2 Å². The molecule has 0 aliphatic carbocycles. The van der Waals surface area contributed by atoms with Crippen LogP contribution in [0.15, 0.2) is 0 Å². The van der Waals surface area contributed by atoms with Gasteiger partial charge in [-0.25, -0.2) is 4.79 Å². The summed E-state index contributed by atoms with van der Waals surface area (Å²) in [6.07, 6.45) is 1.57. The lowest BCUT2D eigenvalue weighted by Gasteiger charge is -2.22. The van der Waals surface area contributed by atoms with Crippen molar-refractivity contribution in [1.29, 1.82) is 0 Å². The van der Waals surface area contributed by atoms with Gasteiger partial charge in [-0.2, -0.15) is 0 Å². The van der Waals surface area contributed by atoms with Crippen molar-refractivity contribution < 1.29 is 34.2 Å². The van der Waals surface area contributed by atoms with Gasteiger partial charge in [0.25, 0.3) is 0 Å². The zero-order valence-electron chi connectivity index (χ0n) is 16.7. The first-order valence-electron chi connectivity index (χ1n) is 9.35. The molecule has 164 valence electrons. The molecule has 0 saturated carbocycles. The lowest BCUT2D eigenvalue weighted by atomic mass is 10.2. The minimum atomic E-state index is -1.49. The Labute approximate surface area is 168 Å². The molecule has 0 aromatic carbocycles. The van der Waals surface area contributed by atoms with Crippen molar-refractivity contribution in [3.63, 3.8) is 0 Å². The largest absolute Gasteiger partial charge is 0.480 e. The third kappa shape index (κ3) is 7.66. The Kier molecular flexibility index (Phi) is 9.48. The van der Waals surface area contributed by atoms with Crippen molar-refractivity contribution in [2.24, 2.45) is 0 Å². The quantitative estimate of drug-likeness (QED) is 0.194. The van der Waals surface area contributed by atoms with Crippen LogP contribution in [-0.2, 0) is 24.0 Å². The molecule has 0 bridgehead atoms. The van der Waals surface area contributed by atoms with Crippen molar-refractivity contribution in [3.8, 4) is 0 Å². The van der Waals surface area contributed by atoms with Crippen LogP contribution in [-0.4, -0.2) is 83.2 Å². The fourth-order valence-electron chi connectivity index (χ4n) is 2.58. The van der Waals surface area contributed by atoms with Crippen LogP contribution >= 0.6 is 0 Å². The van der Waals surface area contributed by atoms with Crippen LogP contribution in [0.3, 0.4) is 0 Å². The molecule has 12 heteroatoms. The minimum absolute atomic E-state index is 0.288. The van der Waals surface area contributed by atoms with Gasteiger partial charge in [0.1, 0.15) is 24.2 Å². The van der Waals surface area contributed by atoms with Crippen molar-refractivity contribution in [3.05, 3.63) is 0 Å². The van der Waals surface area contributed by atoms with E-state index in [4.69, 9.17) is 10.2 Å². The first-order chi connectivity index (χ1) is 13.6. The Hall–Kier alpha value is -2.73. The molecule has 0 radical (unpaired) electrons. The molecule has 1 aliphatic rings. The fraction of sp³-hybridized carbons (Fsp3) is 0.706. The number of carboxylic acids is 1. The second-order valence-corrected chi connectivity index (χ2v) is 6.92. The van der Waals surface area contributed by atoms with Crippen LogP contribution in [0.2, 0.25) is 0 Å². The molecule has 1 saturated heterocycles. The van der Waals surface area contributed by atoms with E-state index in [0.717, 1.165) is 13.0 Å². The molecule has 0 aromatic rings. The SMILES string of the molecule is C[C@H](NC(=O)[C@H](C)NC(=O)[C@@H]1CCCN1)C(=O)N[C@@H](C)C(=O)N[C@@H](CO)C(=O)O. The van der Waals surface area contributed by atoms with Crippen molar-refractivity contribution >= 4 is 29.6 Å². The van der Waals surface area contributed by atoms with E-state index >= 15 is 0 Å². The standard InChI is InChI=1S/C17H29N5O7/c1-8(13(24)20-10(3)15(26)22-12(7-23)17(28)29)19-14(25)9(2)21-16(27)11-5-4-6-18-11/h8-12,18,23H,4-7H2,1-3H3,(H,19,25)(H,20,24)(H,21,27)(H,22,26)(H,28,29)/t8-,9-,10-,11-,12-/m0/s1. The van der Waals surface area contributed by atoms with Crippen LogP contribution < -0.4 is 26.6 Å². The van der Waals surface area contributed by atoms with E-state index in [1.54, 1.807) is 0 Å². The predicted molar refractivity (Wildman–Crippen MR) is 100 cm³/mol. The molecular weight excluding hydrogens is 386 g/mol. The van der Waals surface area contributed by atoms with E-state index in [1.165, 1.54) is 20.8 Å². The molecule has 1 fully saturated rings. The lowest BCUT2D eigenvalue weighted by molar-refractivity contribution is -0.143. The second kappa shape index (κ2) is 11.3. The maximum Gasteiger partial charge on any atom is 0.328 e. The van der Waals surface area contributed by atoms with E-state index in [-0.39, 0.29) is 11.9 Å². The van der Waals surface area contributed by atoms with E-state index in [1.807, 2.05) is 0 Å². The summed E-state index contributed by atoms with van der Waals surface area (Å²) in [6, 6.07) is -4.78. The zero-order valence-corrected chi connectivity index (χ0v) is 16.7. The molecule has 1 rings (SSSR count). The number of carboxylic acid groups (broad SMARTS) is 1. The second-order valence-electron chi connectivity index (χ2n) is 6.92. The minimum Gasteiger partial charge on any atom is -0.480 e. The molecular formula is C17H29N5O7. The Balaban J connectivity index is 2.47. The lowest BCUT2D eigenvalue weighted by Crippen LogP contribution is -2.56. The number of carbonyl (C=O) groups is 5. The fourth-order valence-corrected chi connectivity index (χ4v) is 2.58. The van der Waals surface area contributed by atoms with E-state index in [9.17, 15) is 24.0 Å². The molecule has 12 nitrogen and oxygen atoms in total. The average Bonchev–Trinajstić information content (AvgIpc) is 3.20. The molecule has 0 spiro atoms. The number of aliphatic hydroxyl groups excluding tert-OH is 1. The van der Waals surface area contributed by atoms with Crippen molar-refractivity contribution in [2.75, 3.05) is 13.2 Å². The summed E-state index contributed by atoms with van der Waals surface area (Å²) in [5.41, 5.74) is 0. The topological polar surface area (TPSA) is 186 Å². The van der Waals surface area contributed by atoms with Gasteiger partial charge in [0.2, 0.25) is 23.6 Å². The molecule has 1 aliphatic heterocycles. The summed E-state index contributed by atoms with van der Waals surface area (Å²) in [4.78, 5) is 59.1. The Morgan fingerprint density at radius 1 is 0.897 bits per heavy atom. The number of amides is 4. The molecule has 4 amide bonds. The monoisotopic (exact) mass is 415 g/mol. The van der Waals surface area contributed by atoms with Crippen LogP contribution in [0.5, 0.6) is 0 Å². The predicted octanol–water partition coefficient (Wildman–Crippen LogP) is -3.19. The Bertz CT molecular complexity index is 636. The zero-order chi connectivity index (χ0) is 22.1. The summed E-state index contributed by atoms with van der Waals surface area (Å²) >= 11 is 0. The highest BCUT2D eigenvalue weighted by Crippen LogP contribution is 2.05. The summed E-state index contributed by atoms with van der Waals surface area (Å²) in [6.45, 7) is 4.17. The Morgan fingerprint density at radius 2 is 1.38 bits per heavy atom. The number of hydrogen-bond donors (Lipinski definition) is 7.